The molecule has 0 spiro atoms. The number of carbonyl (C=O) groups excluding carboxylic acids is 3. The third-order valence-electron chi connectivity index (χ3n) is 3.37. The number of esters is 2. The number of ether oxygens (including phenoxy) is 2. The summed E-state index contributed by atoms with van der Waals surface area (Å²) in [5, 5.41) is 0. The van der Waals surface area contributed by atoms with Gasteiger partial charge in [0.1, 0.15) is 11.4 Å². The number of methoxy groups -OCH3 is 2. The highest BCUT2D eigenvalue weighted by Crippen LogP contribution is 2.28. The minimum atomic E-state index is -0.671. The average Bonchev–Trinajstić information content (AvgIpc) is 2.84. The largest absolute Gasteiger partial charge is 0.465 e. The molecule has 7 nitrogen and oxygen atoms in total. The molecule has 20 heavy (non-hydrogen) atoms. The van der Waals surface area contributed by atoms with Crippen LogP contribution in [0.1, 0.15) is 44.3 Å². The summed E-state index contributed by atoms with van der Waals surface area (Å²) in [4.78, 5) is 37.4. The molecule has 0 N–H and O–H groups in total. The molecule has 0 aliphatic carbocycles. The van der Waals surface area contributed by atoms with Crippen molar-refractivity contribution in [3.63, 3.8) is 0 Å². The average molecular weight is 280 g/mol. The second-order valence-corrected chi connectivity index (χ2v) is 4.68. The third-order valence-corrected chi connectivity index (χ3v) is 3.37. The van der Waals surface area contributed by atoms with Crippen LogP contribution in [0.25, 0.3) is 0 Å². The van der Waals surface area contributed by atoms with Crippen LogP contribution in [0.2, 0.25) is 0 Å². The summed E-state index contributed by atoms with van der Waals surface area (Å²) in [6, 6.07) is 1.24. The zero-order valence-corrected chi connectivity index (χ0v) is 11.8. The van der Waals surface area contributed by atoms with Crippen LogP contribution in [0.5, 0.6) is 0 Å². The van der Waals surface area contributed by atoms with Crippen LogP contribution in [0.4, 0.5) is 0 Å². The number of hydrogen-bond donors (Lipinski definition) is 0. The minimum Gasteiger partial charge on any atom is -0.465 e. The zero-order chi connectivity index (χ0) is 15.0. The van der Waals surface area contributed by atoms with Crippen molar-refractivity contribution < 1.29 is 23.9 Å². The lowest BCUT2D eigenvalue weighted by Crippen LogP contribution is -2.40. The SMILES string of the molecule is COC(=O)c1cc2n(c1C(=O)OC)C(C)CN(C)C2=O. The normalized spacial score (nSPS) is 17.7. The lowest BCUT2D eigenvalue weighted by Gasteiger charge is -2.30. The topological polar surface area (TPSA) is 77.8 Å². The van der Waals surface area contributed by atoms with E-state index < -0.39 is 11.9 Å². The number of aromatic nitrogens is 1. The number of amides is 1. The number of nitrogens with zero attached hydrogens (tertiary/aromatic N) is 2. The van der Waals surface area contributed by atoms with Crippen molar-refractivity contribution in [1.82, 2.24) is 9.47 Å². The molecule has 2 heterocycles. The van der Waals surface area contributed by atoms with Gasteiger partial charge >= 0.3 is 11.9 Å². The molecule has 7 heteroatoms. The van der Waals surface area contributed by atoms with Gasteiger partial charge in [0.15, 0.2) is 0 Å². The van der Waals surface area contributed by atoms with Crippen molar-refractivity contribution >= 4 is 17.8 Å². The van der Waals surface area contributed by atoms with Gasteiger partial charge in [-0.05, 0) is 13.0 Å². The Bertz CT molecular complexity index is 590. The van der Waals surface area contributed by atoms with Crippen LogP contribution >= 0.6 is 0 Å². The van der Waals surface area contributed by atoms with Crippen molar-refractivity contribution in [3.05, 3.63) is 23.0 Å². The molecular weight excluding hydrogens is 264 g/mol. The third kappa shape index (κ3) is 1.95. The van der Waals surface area contributed by atoms with Gasteiger partial charge < -0.3 is 18.9 Å². The Morgan fingerprint density at radius 3 is 2.40 bits per heavy atom. The second kappa shape index (κ2) is 4.99. The molecule has 1 aromatic rings. The summed E-state index contributed by atoms with van der Waals surface area (Å²) in [6.07, 6.45) is 0. The van der Waals surface area contributed by atoms with E-state index in [1.807, 2.05) is 6.92 Å². The van der Waals surface area contributed by atoms with Gasteiger partial charge in [-0.15, -0.1) is 0 Å². The molecule has 0 bridgehead atoms. The van der Waals surface area contributed by atoms with E-state index in [1.165, 1.54) is 20.3 Å². The minimum absolute atomic E-state index is 0.0462. The second-order valence-electron chi connectivity index (χ2n) is 4.68. The first kappa shape index (κ1) is 14.1. The molecule has 108 valence electrons. The fraction of sp³-hybridized carbons (Fsp3) is 0.462. The van der Waals surface area contributed by atoms with Crippen molar-refractivity contribution in [2.75, 3.05) is 27.8 Å². The lowest BCUT2D eigenvalue weighted by molar-refractivity contribution is 0.0540. The van der Waals surface area contributed by atoms with Gasteiger partial charge in [-0.1, -0.05) is 0 Å². The monoisotopic (exact) mass is 280 g/mol. The predicted molar refractivity (Wildman–Crippen MR) is 68.8 cm³/mol. The van der Waals surface area contributed by atoms with Gasteiger partial charge in [0.2, 0.25) is 0 Å². The van der Waals surface area contributed by atoms with Crippen LogP contribution in [-0.4, -0.2) is 55.1 Å². The number of likely N-dealkylation sites (N-methyl/N-ethyl adjacent to an activating group) is 1. The highest BCUT2D eigenvalue weighted by molar-refractivity contribution is 6.06. The maximum Gasteiger partial charge on any atom is 0.355 e. The molecular formula is C13H16N2O5. The van der Waals surface area contributed by atoms with Crippen LogP contribution in [0.15, 0.2) is 6.07 Å². The van der Waals surface area contributed by atoms with Crippen LogP contribution < -0.4 is 0 Å². The van der Waals surface area contributed by atoms with Gasteiger partial charge in [-0.25, -0.2) is 9.59 Å². The summed E-state index contributed by atoms with van der Waals surface area (Å²) in [5.74, 6) is -1.58. The van der Waals surface area contributed by atoms with Gasteiger partial charge in [0, 0.05) is 19.6 Å². The van der Waals surface area contributed by atoms with Crippen LogP contribution in [-0.2, 0) is 9.47 Å². The highest BCUT2D eigenvalue weighted by atomic mass is 16.5. The van der Waals surface area contributed by atoms with Crippen LogP contribution in [0, 0.1) is 0 Å². The number of rotatable bonds is 2. The summed E-state index contributed by atoms with van der Waals surface area (Å²) in [6.45, 7) is 2.31. The fourth-order valence-corrected chi connectivity index (χ4v) is 2.47. The first-order valence-corrected chi connectivity index (χ1v) is 6.09. The molecule has 0 radical (unpaired) electrons. The molecule has 2 rings (SSSR count). The molecule has 0 saturated carbocycles. The van der Waals surface area contributed by atoms with E-state index in [0.717, 1.165) is 0 Å². The Morgan fingerprint density at radius 2 is 1.85 bits per heavy atom. The summed E-state index contributed by atoms with van der Waals surface area (Å²) >= 11 is 0. The molecule has 1 aliphatic rings. The van der Waals surface area contributed by atoms with Crippen LogP contribution in [0.3, 0.4) is 0 Å². The van der Waals surface area contributed by atoms with E-state index in [0.29, 0.717) is 6.54 Å². The van der Waals surface area contributed by atoms with Gasteiger partial charge in [-0.3, -0.25) is 4.79 Å². The summed E-state index contributed by atoms with van der Waals surface area (Å²) in [5.41, 5.74) is 0.389. The first-order chi connectivity index (χ1) is 9.42. The molecule has 1 amide bonds. The molecule has 1 aromatic heterocycles. The molecule has 1 atom stereocenters. The Hall–Kier alpha value is -2.31. The zero-order valence-electron chi connectivity index (χ0n) is 11.8. The fourth-order valence-electron chi connectivity index (χ4n) is 2.47. The standard InChI is InChI=1S/C13H16N2O5/c1-7-6-14(2)11(16)9-5-8(12(17)19-3)10(15(7)9)13(18)20-4/h5,7H,6H2,1-4H3. The smallest absolute Gasteiger partial charge is 0.355 e. The Labute approximate surface area is 116 Å². The summed E-state index contributed by atoms with van der Waals surface area (Å²) in [7, 11) is 4.12. The van der Waals surface area contributed by atoms with Gasteiger partial charge in [-0.2, -0.15) is 0 Å². The van der Waals surface area contributed by atoms with Gasteiger partial charge in [0.25, 0.3) is 5.91 Å². The summed E-state index contributed by atoms with van der Waals surface area (Å²) < 4.78 is 10.9. The quantitative estimate of drug-likeness (QED) is 0.745. The van der Waals surface area contributed by atoms with E-state index in [9.17, 15) is 14.4 Å². The molecule has 0 fully saturated rings. The van der Waals surface area contributed by atoms with Crippen molar-refractivity contribution in [3.8, 4) is 0 Å². The highest BCUT2D eigenvalue weighted by Gasteiger charge is 2.35. The Balaban J connectivity index is 2.70. The molecule has 1 aliphatic heterocycles. The van der Waals surface area contributed by atoms with Crippen molar-refractivity contribution in [1.29, 1.82) is 0 Å². The van der Waals surface area contributed by atoms with E-state index >= 15 is 0 Å². The number of carbonyl (C=O) groups is 3. The molecule has 0 aromatic carbocycles. The maximum absolute atomic E-state index is 12.2. The molecule has 1 unspecified atom stereocenters. The van der Waals surface area contributed by atoms with Crippen molar-refractivity contribution in [2.45, 2.75) is 13.0 Å². The Morgan fingerprint density at radius 1 is 1.25 bits per heavy atom. The molecule has 0 saturated heterocycles. The van der Waals surface area contributed by atoms with E-state index in [4.69, 9.17) is 4.74 Å². The Kier molecular flexibility index (Phi) is 3.52. The predicted octanol–water partition coefficient (Wildman–Crippen LogP) is 0.708. The van der Waals surface area contributed by atoms with E-state index in [2.05, 4.69) is 4.74 Å². The maximum atomic E-state index is 12.2. The van der Waals surface area contributed by atoms with E-state index in [-0.39, 0.29) is 28.9 Å². The van der Waals surface area contributed by atoms with Gasteiger partial charge in [0.05, 0.1) is 19.8 Å². The lowest BCUT2D eigenvalue weighted by atomic mass is 10.2. The van der Waals surface area contributed by atoms with Crippen molar-refractivity contribution in [2.24, 2.45) is 0 Å². The first-order valence-electron chi connectivity index (χ1n) is 6.09. The van der Waals surface area contributed by atoms with E-state index in [1.54, 1.807) is 16.5 Å². The number of hydrogen-bond acceptors (Lipinski definition) is 5. The number of fused-ring (bicyclic) bond motifs is 1.